The Morgan fingerprint density at radius 1 is 1.09 bits per heavy atom. The monoisotopic (exact) mass is 296 g/mol. The predicted octanol–water partition coefficient (Wildman–Crippen LogP) is 3.08. The van der Waals surface area contributed by atoms with Gasteiger partial charge in [-0.05, 0) is 55.2 Å². The standard InChI is InChI=1S/C19H24N2O/c20-14-15-7-10-21(11-8-15)12-9-19(22)18-6-5-16-3-1-2-4-17(16)13-18/h1-6,13,15H,7-12,14,20H2. The third-order valence-corrected chi connectivity index (χ3v) is 4.77. The molecule has 2 aromatic rings. The smallest absolute Gasteiger partial charge is 0.164 e. The summed E-state index contributed by atoms with van der Waals surface area (Å²) in [5.41, 5.74) is 6.55. The van der Waals surface area contributed by atoms with Gasteiger partial charge in [-0.25, -0.2) is 0 Å². The summed E-state index contributed by atoms with van der Waals surface area (Å²) in [4.78, 5) is 14.8. The van der Waals surface area contributed by atoms with E-state index in [-0.39, 0.29) is 5.78 Å². The minimum Gasteiger partial charge on any atom is -0.330 e. The van der Waals surface area contributed by atoms with Gasteiger partial charge < -0.3 is 10.6 Å². The fourth-order valence-electron chi connectivity index (χ4n) is 3.21. The Kier molecular flexibility index (Phi) is 4.86. The van der Waals surface area contributed by atoms with Crippen LogP contribution in [0.25, 0.3) is 10.8 Å². The van der Waals surface area contributed by atoms with Gasteiger partial charge in [0.25, 0.3) is 0 Å². The number of piperidine rings is 1. The molecule has 2 aromatic carbocycles. The first kappa shape index (κ1) is 15.2. The van der Waals surface area contributed by atoms with Gasteiger partial charge in [0.2, 0.25) is 0 Å². The molecule has 1 fully saturated rings. The average Bonchev–Trinajstić information content (AvgIpc) is 2.59. The molecule has 0 aliphatic carbocycles. The maximum atomic E-state index is 12.4. The van der Waals surface area contributed by atoms with Crippen LogP contribution in [0.4, 0.5) is 0 Å². The number of hydrogen-bond donors (Lipinski definition) is 1. The summed E-state index contributed by atoms with van der Waals surface area (Å²) >= 11 is 0. The molecule has 0 bridgehead atoms. The van der Waals surface area contributed by atoms with E-state index in [1.807, 2.05) is 30.3 Å². The molecule has 22 heavy (non-hydrogen) atoms. The second-order valence-corrected chi connectivity index (χ2v) is 6.26. The molecular weight excluding hydrogens is 272 g/mol. The largest absolute Gasteiger partial charge is 0.330 e. The topological polar surface area (TPSA) is 46.3 Å². The minimum atomic E-state index is 0.242. The molecule has 1 aliphatic rings. The minimum absolute atomic E-state index is 0.242. The van der Waals surface area contributed by atoms with Crippen LogP contribution in [0.1, 0.15) is 29.6 Å². The lowest BCUT2D eigenvalue weighted by molar-refractivity contribution is 0.0952. The first-order chi connectivity index (χ1) is 10.8. The number of Topliss-reactive ketones (excluding diaryl/α,β-unsaturated/α-hetero) is 1. The van der Waals surface area contributed by atoms with E-state index < -0.39 is 0 Å². The Bertz CT molecular complexity index is 645. The number of fused-ring (bicyclic) bond motifs is 1. The summed E-state index contributed by atoms with van der Waals surface area (Å²) in [6, 6.07) is 14.2. The lowest BCUT2D eigenvalue weighted by atomic mass is 9.96. The molecule has 0 atom stereocenters. The highest BCUT2D eigenvalue weighted by Gasteiger charge is 2.18. The Balaban J connectivity index is 1.57. The van der Waals surface area contributed by atoms with Crippen molar-refractivity contribution >= 4 is 16.6 Å². The van der Waals surface area contributed by atoms with E-state index in [9.17, 15) is 4.79 Å². The molecule has 3 heteroatoms. The van der Waals surface area contributed by atoms with Crippen LogP contribution in [-0.2, 0) is 0 Å². The molecule has 0 radical (unpaired) electrons. The number of nitrogens with zero attached hydrogens (tertiary/aromatic N) is 1. The summed E-state index contributed by atoms with van der Waals surface area (Å²) in [5, 5.41) is 2.32. The van der Waals surface area contributed by atoms with Crippen molar-refractivity contribution in [3.63, 3.8) is 0 Å². The molecule has 3 rings (SSSR count). The predicted molar refractivity (Wildman–Crippen MR) is 91.1 cm³/mol. The first-order valence-corrected chi connectivity index (χ1v) is 8.20. The average molecular weight is 296 g/mol. The Labute approximate surface area is 132 Å². The van der Waals surface area contributed by atoms with Crippen LogP contribution in [0, 0.1) is 5.92 Å². The van der Waals surface area contributed by atoms with Crippen molar-refractivity contribution < 1.29 is 4.79 Å². The van der Waals surface area contributed by atoms with Gasteiger partial charge >= 0.3 is 0 Å². The van der Waals surface area contributed by atoms with Crippen molar-refractivity contribution in [1.82, 2.24) is 4.90 Å². The van der Waals surface area contributed by atoms with Crippen molar-refractivity contribution in [1.29, 1.82) is 0 Å². The fourth-order valence-corrected chi connectivity index (χ4v) is 3.21. The third kappa shape index (κ3) is 3.54. The van der Waals surface area contributed by atoms with E-state index in [4.69, 9.17) is 5.73 Å². The van der Waals surface area contributed by atoms with Crippen LogP contribution in [-0.4, -0.2) is 36.9 Å². The quantitative estimate of drug-likeness (QED) is 0.863. The van der Waals surface area contributed by atoms with Gasteiger partial charge in [0.05, 0.1) is 0 Å². The second-order valence-electron chi connectivity index (χ2n) is 6.26. The van der Waals surface area contributed by atoms with Crippen LogP contribution in [0.2, 0.25) is 0 Å². The molecule has 0 amide bonds. The van der Waals surface area contributed by atoms with E-state index in [0.717, 1.165) is 37.1 Å². The molecule has 0 spiro atoms. The van der Waals surface area contributed by atoms with Crippen molar-refractivity contribution in [2.45, 2.75) is 19.3 Å². The molecule has 1 saturated heterocycles. The van der Waals surface area contributed by atoms with Gasteiger partial charge in [0, 0.05) is 18.5 Å². The number of benzene rings is 2. The van der Waals surface area contributed by atoms with Crippen molar-refractivity contribution in [3.05, 3.63) is 48.0 Å². The summed E-state index contributed by atoms with van der Waals surface area (Å²) in [6.07, 6.45) is 2.94. The zero-order chi connectivity index (χ0) is 15.4. The van der Waals surface area contributed by atoms with Crippen molar-refractivity contribution in [2.24, 2.45) is 11.7 Å². The van der Waals surface area contributed by atoms with E-state index in [0.29, 0.717) is 12.3 Å². The number of rotatable bonds is 5. The number of likely N-dealkylation sites (tertiary alicyclic amines) is 1. The first-order valence-electron chi connectivity index (χ1n) is 8.20. The summed E-state index contributed by atoms with van der Waals surface area (Å²) in [6.45, 7) is 3.81. The third-order valence-electron chi connectivity index (χ3n) is 4.77. The molecule has 116 valence electrons. The number of nitrogens with two attached hydrogens (primary N) is 1. The summed E-state index contributed by atoms with van der Waals surface area (Å²) in [5.74, 6) is 0.916. The Morgan fingerprint density at radius 3 is 2.55 bits per heavy atom. The van der Waals surface area contributed by atoms with Gasteiger partial charge in [-0.15, -0.1) is 0 Å². The van der Waals surface area contributed by atoms with Gasteiger partial charge in [-0.3, -0.25) is 4.79 Å². The summed E-state index contributed by atoms with van der Waals surface area (Å²) < 4.78 is 0. The van der Waals surface area contributed by atoms with Gasteiger partial charge in [0.15, 0.2) is 5.78 Å². The molecule has 1 heterocycles. The van der Waals surface area contributed by atoms with E-state index in [1.54, 1.807) is 0 Å². The van der Waals surface area contributed by atoms with Crippen LogP contribution in [0.15, 0.2) is 42.5 Å². The highest BCUT2D eigenvalue weighted by atomic mass is 16.1. The van der Waals surface area contributed by atoms with Gasteiger partial charge in [-0.2, -0.15) is 0 Å². The van der Waals surface area contributed by atoms with Gasteiger partial charge in [0.1, 0.15) is 0 Å². The fraction of sp³-hybridized carbons (Fsp3) is 0.421. The molecule has 0 aromatic heterocycles. The highest BCUT2D eigenvalue weighted by Crippen LogP contribution is 2.18. The van der Waals surface area contributed by atoms with E-state index in [1.165, 1.54) is 18.2 Å². The van der Waals surface area contributed by atoms with Crippen LogP contribution < -0.4 is 5.73 Å². The SMILES string of the molecule is NCC1CCN(CCC(=O)c2ccc3ccccc3c2)CC1. The van der Waals surface area contributed by atoms with Crippen LogP contribution in [0.5, 0.6) is 0 Å². The second kappa shape index (κ2) is 7.03. The lowest BCUT2D eigenvalue weighted by Gasteiger charge is -2.31. The molecule has 0 saturated carbocycles. The molecule has 3 nitrogen and oxygen atoms in total. The normalized spacial score (nSPS) is 17.0. The maximum absolute atomic E-state index is 12.4. The number of carbonyl (C=O) groups is 1. The van der Waals surface area contributed by atoms with Gasteiger partial charge in [-0.1, -0.05) is 36.4 Å². The lowest BCUT2D eigenvalue weighted by Crippen LogP contribution is -2.37. The number of carbonyl (C=O) groups excluding carboxylic acids is 1. The molecular formula is C19H24N2O. The molecule has 0 unspecified atom stereocenters. The van der Waals surface area contributed by atoms with Crippen molar-refractivity contribution in [2.75, 3.05) is 26.2 Å². The van der Waals surface area contributed by atoms with Crippen LogP contribution >= 0.6 is 0 Å². The van der Waals surface area contributed by atoms with E-state index >= 15 is 0 Å². The Hall–Kier alpha value is -1.71. The van der Waals surface area contributed by atoms with Crippen molar-refractivity contribution in [3.8, 4) is 0 Å². The Morgan fingerprint density at radius 2 is 1.82 bits per heavy atom. The van der Waals surface area contributed by atoms with Crippen LogP contribution in [0.3, 0.4) is 0 Å². The highest BCUT2D eigenvalue weighted by molar-refractivity contribution is 6.00. The molecule has 2 N–H and O–H groups in total. The molecule has 1 aliphatic heterocycles. The zero-order valence-electron chi connectivity index (χ0n) is 13.0. The maximum Gasteiger partial charge on any atom is 0.164 e. The number of ketones is 1. The van der Waals surface area contributed by atoms with E-state index in [2.05, 4.69) is 17.0 Å². The summed E-state index contributed by atoms with van der Waals surface area (Å²) in [7, 11) is 0. The zero-order valence-corrected chi connectivity index (χ0v) is 13.0. The number of hydrogen-bond acceptors (Lipinski definition) is 3.